The zero-order chi connectivity index (χ0) is 10.6. The molecule has 1 aromatic heterocycles. The summed E-state index contributed by atoms with van der Waals surface area (Å²) in [5.74, 6) is 1.24. The lowest BCUT2D eigenvalue weighted by Crippen LogP contribution is -2.26. The molecule has 0 bridgehead atoms. The van der Waals surface area contributed by atoms with Crippen LogP contribution in [0.25, 0.3) is 0 Å². The molecule has 0 aliphatic rings. The van der Waals surface area contributed by atoms with Gasteiger partial charge in [0.05, 0.1) is 9.90 Å². The molecule has 0 amide bonds. The molecule has 0 saturated heterocycles. The van der Waals surface area contributed by atoms with E-state index in [4.69, 9.17) is 0 Å². The minimum Gasteiger partial charge on any atom is -0.298 e. The average Bonchev–Trinajstić information content (AvgIpc) is 2.20. The van der Waals surface area contributed by atoms with Gasteiger partial charge in [-0.25, -0.2) is 4.98 Å². The lowest BCUT2D eigenvalue weighted by Gasteiger charge is -2.13. The van der Waals surface area contributed by atoms with Crippen LogP contribution in [0.1, 0.15) is 13.3 Å². The number of hydrogen-bond acceptors (Lipinski definition) is 3. The number of nitrogens with zero attached hydrogens (tertiary/aromatic N) is 2. The second-order valence-electron chi connectivity index (χ2n) is 3.16. The Bertz CT molecular complexity index is 349. The molecule has 1 heterocycles. The second-order valence-corrected chi connectivity index (χ2v) is 4.68. The maximum absolute atomic E-state index is 11.6. The number of halogens is 1. The fraction of sp³-hybridized carbons (Fsp3) is 0.556. The van der Waals surface area contributed by atoms with Crippen LogP contribution in [-0.2, 0) is 6.54 Å². The number of aromatic nitrogens is 2. The molecule has 1 unspecified atom stereocenters. The molecule has 0 aromatic carbocycles. The Morgan fingerprint density at radius 1 is 1.71 bits per heavy atom. The van der Waals surface area contributed by atoms with Crippen LogP contribution >= 0.6 is 35.2 Å². The van der Waals surface area contributed by atoms with Crippen molar-refractivity contribution in [1.82, 2.24) is 9.55 Å². The Morgan fingerprint density at radius 2 is 2.43 bits per heavy atom. The Kier molecular flexibility index (Phi) is 4.94. The van der Waals surface area contributed by atoms with Crippen LogP contribution in [0.2, 0.25) is 0 Å². The second kappa shape index (κ2) is 5.75. The third kappa shape index (κ3) is 2.98. The summed E-state index contributed by atoms with van der Waals surface area (Å²) >= 11 is 6.25. The molecule has 5 heteroatoms. The first-order valence-electron chi connectivity index (χ1n) is 4.49. The molecule has 0 spiro atoms. The van der Waals surface area contributed by atoms with Crippen molar-refractivity contribution >= 4 is 35.2 Å². The highest BCUT2D eigenvalue weighted by molar-refractivity contribution is 14.1. The van der Waals surface area contributed by atoms with Gasteiger partial charge in [0.15, 0.2) is 0 Å². The van der Waals surface area contributed by atoms with E-state index >= 15 is 0 Å². The highest BCUT2D eigenvalue weighted by Crippen LogP contribution is 2.06. The van der Waals surface area contributed by atoms with E-state index in [1.165, 1.54) is 0 Å². The third-order valence-electron chi connectivity index (χ3n) is 2.15. The van der Waals surface area contributed by atoms with Gasteiger partial charge in [0.25, 0.3) is 5.56 Å². The highest BCUT2D eigenvalue weighted by atomic mass is 127. The number of rotatable bonds is 4. The van der Waals surface area contributed by atoms with Crippen molar-refractivity contribution in [2.75, 3.05) is 5.75 Å². The van der Waals surface area contributed by atoms with Crippen molar-refractivity contribution in [2.45, 2.75) is 19.9 Å². The average molecular weight is 324 g/mol. The van der Waals surface area contributed by atoms with Gasteiger partial charge >= 0.3 is 0 Å². The lowest BCUT2D eigenvalue weighted by molar-refractivity contribution is 0.462. The standard InChI is InChI=1S/C9H13IN2OS/c1-2-7(5-14)4-12-6-11-3-8(10)9(12)13/h3,6-7,14H,2,4-5H2,1H3. The fourth-order valence-corrected chi connectivity index (χ4v) is 1.99. The zero-order valence-corrected chi connectivity index (χ0v) is 11.0. The van der Waals surface area contributed by atoms with E-state index in [2.05, 4.69) is 24.5 Å². The Labute approximate surface area is 102 Å². The van der Waals surface area contributed by atoms with Gasteiger partial charge < -0.3 is 0 Å². The molecular formula is C9H13IN2OS. The molecule has 0 N–H and O–H groups in total. The summed E-state index contributed by atoms with van der Waals surface area (Å²) in [5.41, 5.74) is 0.0424. The summed E-state index contributed by atoms with van der Waals surface area (Å²) in [6, 6.07) is 0. The van der Waals surface area contributed by atoms with Crippen molar-refractivity contribution in [3.63, 3.8) is 0 Å². The molecule has 0 radical (unpaired) electrons. The maximum Gasteiger partial charge on any atom is 0.266 e. The molecule has 3 nitrogen and oxygen atoms in total. The summed E-state index contributed by atoms with van der Waals surface area (Å²) in [5, 5.41) is 0. The third-order valence-corrected chi connectivity index (χ3v) is 3.41. The van der Waals surface area contributed by atoms with E-state index in [1.807, 2.05) is 22.6 Å². The van der Waals surface area contributed by atoms with Crippen molar-refractivity contribution in [3.8, 4) is 0 Å². The highest BCUT2D eigenvalue weighted by Gasteiger charge is 2.07. The summed E-state index contributed by atoms with van der Waals surface area (Å²) in [6.07, 6.45) is 4.21. The molecule has 0 fully saturated rings. The molecule has 1 aromatic rings. The van der Waals surface area contributed by atoms with Gasteiger partial charge in [0, 0.05) is 12.7 Å². The maximum atomic E-state index is 11.6. The van der Waals surface area contributed by atoms with E-state index in [0.29, 0.717) is 16.0 Å². The minimum absolute atomic E-state index is 0.0424. The summed E-state index contributed by atoms with van der Waals surface area (Å²) in [6.45, 7) is 2.82. The SMILES string of the molecule is CCC(CS)Cn1cncc(I)c1=O. The van der Waals surface area contributed by atoms with Crippen LogP contribution in [0, 0.1) is 9.49 Å². The van der Waals surface area contributed by atoms with E-state index in [1.54, 1.807) is 17.1 Å². The largest absolute Gasteiger partial charge is 0.298 e. The molecule has 78 valence electrons. The lowest BCUT2D eigenvalue weighted by atomic mass is 10.1. The first kappa shape index (κ1) is 12.0. The fourth-order valence-electron chi connectivity index (χ4n) is 1.15. The van der Waals surface area contributed by atoms with Crippen molar-refractivity contribution in [2.24, 2.45) is 5.92 Å². The van der Waals surface area contributed by atoms with Crippen LogP contribution in [-0.4, -0.2) is 15.3 Å². The van der Waals surface area contributed by atoms with Gasteiger partial charge in [-0.15, -0.1) is 0 Å². The Balaban J connectivity index is 2.86. The topological polar surface area (TPSA) is 34.9 Å². The van der Waals surface area contributed by atoms with Gasteiger partial charge in [-0.2, -0.15) is 12.6 Å². The minimum atomic E-state index is 0.0424. The Morgan fingerprint density at radius 3 is 3.00 bits per heavy atom. The summed E-state index contributed by atoms with van der Waals surface area (Å²) < 4.78 is 2.32. The molecule has 1 rings (SSSR count). The normalized spacial score (nSPS) is 12.8. The molecule has 1 atom stereocenters. The zero-order valence-electron chi connectivity index (χ0n) is 7.98. The van der Waals surface area contributed by atoms with Crippen molar-refractivity contribution in [1.29, 1.82) is 0 Å². The molecule has 0 aliphatic heterocycles. The van der Waals surface area contributed by atoms with E-state index in [9.17, 15) is 4.79 Å². The molecule has 14 heavy (non-hydrogen) atoms. The smallest absolute Gasteiger partial charge is 0.266 e. The molecular weight excluding hydrogens is 311 g/mol. The van der Waals surface area contributed by atoms with Crippen LogP contribution in [0.3, 0.4) is 0 Å². The number of hydrogen-bond donors (Lipinski definition) is 1. The van der Waals surface area contributed by atoms with Gasteiger partial charge in [-0.1, -0.05) is 13.3 Å². The predicted molar refractivity (Wildman–Crippen MR) is 68.8 cm³/mol. The van der Waals surface area contributed by atoms with Gasteiger partial charge in [-0.3, -0.25) is 9.36 Å². The van der Waals surface area contributed by atoms with Gasteiger partial charge in [0.2, 0.25) is 0 Å². The van der Waals surface area contributed by atoms with Crippen LogP contribution in [0.4, 0.5) is 0 Å². The first-order valence-corrected chi connectivity index (χ1v) is 6.21. The summed E-state index contributed by atoms with van der Waals surface area (Å²) in [4.78, 5) is 15.6. The van der Waals surface area contributed by atoms with Crippen LogP contribution < -0.4 is 5.56 Å². The van der Waals surface area contributed by atoms with Crippen molar-refractivity contribution in [3.05, 3.63) is 26.4 Å². The summed E-state index contributed by atoms with van der Waals surface area (Å²) in [7, 11) is 0. The first-order chi connectivity index (χ1) is 6.69. The molecule has 0 saturated carbocycles. The van der Waals surface area contributed by atoms with Crippen molar-refractivity contribution < 1.29 is 0 Å². The van der Waals surface area contributed by atoms with Crippen LogP contribution in [0.15, 0.2) is 17.3 Å². The van der Waals surface area contributed by atoms with Crippen LogP contribution in [0.5, 0.6) is 0 Å². The van der Waals surface area contributed by atoms with Gasteiger partial charge in [0.1, 0.15) is 0 Å². The van der Waals surface area contributed by atoms with E-state index < -0.39 is 0 Å². The monoisotopic (exact) mass is 324 g/mol. The van der Waals surface area contributed by atoms with Gasteiger partial charge in [-0.05, 0) is 34.3 Å². The number of thiol groups is 1. The molecule has 0 aliphatic carbocycles. The van der Waals surface area contributed by atoms with E-state index in [-0.39, 0.29) is 5.56 Å². The van der Waals surface area contributed by atoms with E-state index in [0.717, 1.165) is 12.2 Å². The quantitative estimate of drug-likeness (QED) is 0.677. The predicted octanol–water partition coefficient (Wildman–Crippen LogP) is 1.80. The Hall–Kier alpha value is -0.0400.